The highest BCUT2D eigenvalue weighted by atomic mass is 16.5. The Hall–Kier alpha value is -6.16. The van der Waals surface area contributed by atoms with Crippen molar-refractivity contribution in [2.45, 2.75) is 38.3 Å². The Morgan fingerprint density at radius 2 is 1.67 bits per heavy atom. The number of nitrogen functional groups attached to an aromatic ring is 1. The molecule has 2 amide bonds. The molecule has 2 aliphatic heterocycles. The van der Waals surface area contributed by atoms with Gasteiger partial charge in [0.1, 0.15) is 0 Å². The molecule has 51 heavy (non-hydrogen) atoms. The van der Waals surface area contributed by atoms with E-state index in [0.29, 0.717) is 59.2 Å². The molecular formula is C41H39N5O5. The Balaban J connectivity index is 0.920. The lowest BCUT2D eigenvalue weighted by molar-refractivity contribution is -0.116. The third kappa shape index (κ3) is 7.26. The van der Waals surface area contributed by atoms with Gasteiger partial charge in [0.25, 0.3) is 5.91 Å². The monoisotopic (exact) mass is 681 g/mol. The summed E-state index contributed by atoms with van der Waals surface area (Å²) in [7, 11) is 3.32. The molecule has 3 N–H and O–H groups in total. The smallest absolute Gasteiger partial charge is 0.257 e. The number of carbonyl (C=O) groups excluding carboxylic acids is 3. The molecule has 10 nitrogen and oxygen atoms in total. The van der Waals surface area contributed by atoms with E-state index in [-0.39, 0.29) is 43.1 Å². The molecule has 0 saturated carbocycles. The first-order valence-corrected chi connectivity index (χ1v) is 17.0. The number of nitrogens with two attached hydrogens (primary N) is 1. The van der Waals surface area contributed by atoms with Crippen molar-refractivity contribution in [3.63, 3.8) is 0 Å². The standard InChI is InChI=1S/C41H39N5O5/c1-45-25-32(20-36(45)37(47)18-26-9-11-27(12-10-26)28-13-15-31(42)16-14-28)44-40(48)8-5-17-51-39-22-35-34(21-38(39)50-2)41(49)46-24-30-7-4-3-6-29(30)19-33(46)23-43-35/h3-4,6-7,9-16,20-23,25,33H,5,8,17-19,24,42H2,1-2H3,(H,44,48)/t33-/m0/s1. The molecule has 10 heteroatoms. The number of aliphatic imine (C=N–C) groups is 1. The number of fused-ring (bicyclic) bond motifs is 3. The first-order valence-electron chi connectivity index (χ1n) is 17.0. The first-order chi connectivity index (χ1) is 24.7. The lowest BCUT2D eigenvalue weighted by Gasteiger charge is -2.34. The predicted molar refractivity (Wildman–Crippen MR) is 198 cm³/mol. The highest BCUT2D eigenvalue weighted by molar-refractivity contribution is 6.03. The molecule has 7 rings (SSSR count). The van der Waals surface area contributed by atoms with Crippen LogP contribution in [0.4, 0.5) is 17.1 Å². The zero-order valence-corrected chi connectivity index (χ0v) is 28.6. The molecule has 0 spiro atoms. The van der Waals surface area contributed by atoms with Crippen LogP contribution in [-0.4, -0.2) is 53.0 Å². The number of amides is 2. The topological polar surface area (TPSA) is 128 Å². The normalized spacial score (nSPS) is 14.6. The van der Waals surface area contributed by atoms with Gasteiger partial charge in [-0.2, -0.15) is 0 Å². The first kappa shape index (κ1) is 33.3. The maximum absolute atomic E-state index is 13.6. The summed E-state index contributed by atoms with van der Waals surface area (Å²) in [4.78, 5) is 46.1. The largest absolute Gasteiger partial charge is 0.493 e. The Bertz CT molecular complexity index is 2140. The molecule has 258 valence electrons. The van der Waals surface area contributed by atoms with Gasteiger partial charge < -0.3 is 30.0 Å². The number of ketones is 1. The van der Waals surface area contributed by atoms with Crippen LogP contribution in [0.15, 0.2) is 102 Å². The van der Waals surface area contributed by atoms with Crippen molar-refractivity contribution in [3.05, 3.63) is 125 Å². The summed E-state index contributed by atoms with van der Waals surface area (Å²) >= 11 is 0. The second-order valence-electron chi connectivity index (χ2n) is 12.9. The summed E-state index contributed by atoms with van der Waals surface area (Å²) in [5.41, 5.74) is 13.9. The SMILES string of the molecule is COc1cc2c(cc1OCCCC(=O)Nc1cc(C(=O)Cc3ccc(-c4ccc(N)cc4)cc3)n(C)c1)N=C[C@@H]1Cc3ccccc3CN1C2=O. The molecular weight excluding hydrogens is 642 g/mol. The maximum Gasteiger partial charge on any atom is 0.257 e. The van der Waals surface area contributed by atoms with Crippen LogP contribution in [-0.2, 0) is 31.2 Å². The van der Waals surface area contributed by atoms with E-state index in [4.69, 9.17) is 15.2 Å². The molecule has 4 aromatic carbocycles. The fourth-order valence-electron chi connectivity index (χ4n) is 6.64. The summed E-state index contributed by atoms with van der Waals surface area (Å²) < 4.78 is 13.3. The summed E-state index contributed by atoms with van der Waals surface area (Å²) in [6, 6.07) is 28.7. The minimum atomic E-state index is -0.191. The summed E-state index contributed by atoms with van der Waals surface area (Å²) in [5, 5.41) is 2.89. The number of rotatable bonds is 11. The minimum absolute atomic E-state index is 0.0478. The second kappa shape index (κ2) is 14.4. The van der Waals surface area contributed by atoms with Gasteiger partial charge in [-0.1, -0.05) is 60.7 Å². The number of methoxy groups -OCH3 is 1. The van der Waals surface area contributed by atoms with Gasteiger partial charge in [-0.05, 0) is 64.9 Å². The quantitative estimate of drug-likeness (QED) is 0.0898. The third-order valence-electron chi connectivity index (χ3n) is 9.39. The molecule has 3 heterocycles. The van der Waals surface area contributed by atoms with Crippen molar-refractivity contribution in [2.75, 3.05) is 24.8 Å². The van der Waals surface area contributed by atoms with Gasteiger partial charge in [0.2, 0.25) is 5.91 Å². The summed E-state index contributed by atoms with van der Waals surface area (Å²) in [6.07, 6.45) is 5.17. The number of benzene rings is 4. The molecule has 0 fully saturated rings. The van der Waals surface area contributed by atoms with E-state index in [9.17, 15) is 14.4 Å². The third-order valence-corrected chi connectivity index (χ3v) is 9.39. The molecule has 0 radical (unpaired) electrons. The zero-order valence-electron chi connectivity index (χ0n) is 28.6. The van der Waals surface area contributed by atoms with Crippen molar-refractivity contribution in [1.82, 2.24) is 9.47 Å². The number of hydrogen-bond acceptors (Lipinski definition) is 7. The molecule has 0 aliphatic carbocycles. The van der Waals surface area contributed by atoms with E-state index in [1.807, 2.05) is 71.8 Å². The van der Waals surface area contributed by atoms with Gasteiger partial charge in [0.15, 0.2) is 17.3 Å². The van der Waals surface area contributed by atoms with Gasteiger partial charge in [-0.15, -0.1) is 0 Å². The zero-order chi connectivity index (χ0) is 35.5. The molecule has 1 aromatic heterocycles. The van der Waals surface area contributed by atoms with E-state index in [2.05, 4.69) is 22.4 Å². The second-order valence-corrected chi connectivity index (χ2v) is 12.9. The van der Waals surface area contributed by atoms with Crippen molar-refractivity contribution >= 4 is 40.9 Å². The minimum Gasteiger partial charge on any atom is -0.493 e. The van der Waals surface area contributed by atoms with E-state index >= 15 is 0 Å². The molecule has 1 atom stereocenters. The van der Waals surface area contributed by atoms with E-state index in [0.717, 1.165) is 22.3 Å². The molecule has 0 bridgehead atoms. The Morgan fingerprint density at radius 3 is 2.41 bits per heavy atom. The Kier molecular flexibility index (Phi) is 9.39. The highest BCUT2D eigenvalue weighted by Gasteiger charge is 2.33. The lowest BCUT2D eigenvalue weighted by Crippen LogP contribution is -2.44. The number of aromatic nitrogens is 1. The van der Waals surface area contributed by atoms with Crippen LogP contribution >= 0.6 is 0 Å². The van der Waals surface area contributed by atoms with E-state index in [1.165, 1.54) is 12.7 Å². The van der Waals surface area contributed by atoms with Crippen molar-refractivity contribution in [1.29, 1.82) is 0 Å². The van der Waals surface area contributed by atoms with Gasteiger partial charge in [-0.25, -0.2) is 0 Å². The number of hydrogen-bond donors (Lipinski definition) is 2. The fourth-order valence-corrected chi connectivity index (χ4v) is 6.64. The fraction of sp³-hybridized carbons (Fsp3) is 0.220. The number of anilines is 2. The van der Waals surface area contributed by atoms with Gasteiger partial charge in [-0.3, -0.25) is 19.4 Å². The van der Waals surface area contributed by atoms with Gasteiger partial charge in [0.05, 0.1) is 42.4 Å². The number of ether oxygens (including phenoxy) is 2. The Morgan fingerprint density at radius 1 is 0.941 bits per heavy atom. The van der Waals surface area contributed by atoms with Crippen molar-refractivity contribution in [2.24, 2.45) is 12.0 Å². The number of nitrogens with zero attached hydrogens (tertiary/aromatic N) is 3. The van der Waals surface area contributed by atoms with Gasteiger partial charge in [0, 0.05) is 50.6 Å². The molecule has 0 saturated heterocycles. The number of aryl methyl sites for hydroxylation is 1. The van der Waals surface area contributed by atoms with Crippen LogP contribution in [0.1, 0.15) is 50.4 Å². The van der Waals surface area contributed by atoms with Crippen LogP contribution in [0.3, 0.4) is 0 Å². The van der Waals surface area contributed by atoms with E-state index in [1.54, 1.807) is 36.0 Å². The average molecular weight is 682 g/mol. The molecule has 2 aliphatic rings. The summed E-state index contributed by atoms with van der Waals surface area (Å²) in [5.74, 6) is 0.544. The number of Topliss-reactive ketones (excluding diaryl/α,β-unsaturated/α-hetero) is 1. The Labute approximate surface area is 296 Å². The van der Waals surface area contributed by atoms with Crippen LogP contribution in [0.5, 0.6) is 11.5 Å². The van der Waals surface area contributed by atoms with Crippen molar-refractivity contribution < 1.29 is 23.9 Å². The van der Waals surface area contributed by atoms with Crippen LogP contribution in [0, 0.1) is 0 Å². The van der Waals surface area contributed by atoms with Crippen molar-refractivity contribution in [3.8, 4) is 22.6 Å². The van der Waals surface area contributed by atoms with Crippen LogP contribution in [0.25, 0.3) is 11.1 Å². The predicted octanol–water partition coefficient (Wildman–Crippen LogP) is 6.79. The summed E-state index contributed by atoms with van der Waals surface area (Å²) in [6.45, 7) is 0.773. The van der Waals surface area contributed by atoms with Crippen LogP contribution in [0.2, 0.25) is 0 Å². The molecule has 0 unspecified atom stereocenters. The average Bonchev–Trinajstić information content (AvgIpc) is 3.45. The lowest BCUT2D eigenvalue weighted by atomic mass is 9.94. The highest BCUT2D eigenvalue weighted by Crippen LogP contribution is 2.38. The molecule has 5 aromatic rings. The number of nitrogens with one attached hydrogen (secondary N) is 1. The van der Waals surface area contributed by atoms with Crippen LogP contribution < -0.4 is 20.5 Å². The maximum atomic E-state index is 13.6. The van der Waals surface area contributed by atoms with E-state index < -0.39 is 0 Å². The number of carbonyl (C=O) groups is 3. The van der Waals surface area contributed by atoms with Gasteiger partial charge >= 0.3 is 0 Å².